The van der Waals surface area contributed by atoms with Gasteiger partial charge in [-0.15, -0.1) is 0 Å². The van der Waals surface area contributed by atoms with Gasteiger partial charge < -0.3 is 90.1 Å². The van der Waals surface area contributed by atoms with Gasteiger partial charge in [0.2, 0.25) is 11.8 Å². The van der Waals surface area contributed by atoms with Gasteiger partial charge in [0.05, 0.1) is 38.6 Å². The fourth-order valence-corrected chi connectivity index (χ4v) is 11.0. The lowest BCUT2D eigenvalue weighted by Gasteiger charge is -2.48. The van der Waals surface area contributed by atoms with Crippen LogP contribution in [0.5, 0.6) is 0 Å². The molecule has 20 nitrogen and oxygen atoms in total. The zero-order chi connectivity index (χ0) is 59.9. The first-order valence-corrected chi connectivity index (χ1v) is 32.1. The first-order valence-electron chi connectivity index (χ1n) is 32.1. The van der Waals surface area contributed by atoms with Crippen LogP contribution in [0.15, 0.2) is 24.3 Å². The second kappa shape index (κ2) is 45.1. The first kappa shape index (κ1) is 74.0. The van der Waals surface area contributed by atoms with Crippen molar-refractivity contribution >= 4 is 11.8 Å². The van der Waals surface area contributed by atoms with Crippen molar-refractivity contribution in [1.29, 1.82) is 0 Å². The third kappa shape index (κ3) is 28.5. The molecule has 0 aromatic carbocycles. The standard InChI is InChI=1S/C62H114N2O18/c1-4-6-8-10-12-14-16-18-19-20-21-22-23-24-25-27-29-31-33-35-37-39-50(70)64-45(46(69)38-36-34-32-30-28-26-17-15-13-11-9-7-5-2)43-77-61-56(75)55(74)58(49(42-67)80-61)81-62-57(76)59(53(72)48(41-66)79-62)82-60-51(63-44(3)68)54(73)52(71)47(40-65)78-60/h18-19,36,38,45-49,51-62,65-67,69,71-76H,4-17,20-35,37,39-43H2,1-3H3,(H,63,68)(H,64,70)/b19-18-,38-36+/t45-,46+,47?,48?,49?,51?,52+,53-,54+,55+,56?,57?,58+,59-,60-,61+,62-/m0/s1. The fraction of sp³-hybridized carbons (Fsp3) is 0.903. The van der Waals surface area contributed by atoms with E-state index in [2.05, 4.69) is 36.6 Å². The van der Waals surface area contributed by atoms with Crippen LogP contribution < -0.4 is 10.6 Å². The molecular weight excluding hydrogens is 1060 g/mol. The van der Waals surface area contributed by atoms with E-state index in [1.807, 2.05) is 6.08 Å². The minimum absolute atomic E-state index is 0.236. The van der Waals surface area contributed by atoms with Gasteiger partial charge in [-0.1, -0.05) is 192 Å². The smallest absolute Gasteiger partial charge is 0.220 e. The molecule has 0 aromatic rings. The summed E-state index contributed by atoms with van der Waals surface area (Å²) in [5, 5.41) is 114. The summed E-state index contributed by atoms with van der Waals surface area (Å²) in [7, 11) is 0. The van der Waals surface area contributed by atoms with E-state index in [-0.39, 0.29) is 18.9 Å². The Kier molecular flexibility index (Phi) is 40.7. The van der Waals surface area contributed by atoms with Crippen LogP contribution in [0.1, 0.15) is 226 Å². The molecule has 17 atom stereocenters. The SMILES string of the molecule is CCCCCCCC/C=C\CCCCCCCCCCCCCC(=O)N[C@@H](CO[C@@H]1OC(CO)[C@@H](O[C@@H]2OC(CO)[C@H](O)[C@H](O[C@@H]3OC(CO)[C@@H](O)[C@H](O)C3NC(C)=O)C2O)[C@H](O)C1O)[C@H](O)/C=C/CCCCCCCCCCCCC. The molecule has 0 aliphatic carbocycles. The lowest BCUT2D eigenvalue weighted by atomic mass is 9.95. The summed E-state index contributed by atoms with van der Waals surface area (Å²) < 4.78 is 34.9. The summed E-state index contributed by atoms with van der Waals surface area (Å²) in [5.41, 5.74) is 0. The molecule has 3 fully saturated rings. The Balaban J connectivity index is 1.53. The van der Waals surface area contributed by atoms with E-state index < -0.39 is 130 Å². The Morgan fingerprint density at radius 3 is 1.39 bits per heavy atom. The molecule has 0 spiro atoms. The Bertz CT molecular complexity index is 1660. The summed E-state index contributed by atoms with van der Waals surface area (Å²) in [6.45, 7) is 2.79. The molecule has 0 bridgehead atoms. The molecule has 0 saturated carbocycles. The van der Waals surface area contributed by atoms with E-state index in [1.54, 1.807) is 6.08 Å². The molecule has 0 aromatic heterocycles. The van der Waals surface area contributed by atoms with E-state index in [1.165, 1.54) is 148 Å². The second-order valence-corrected chi connectivity index (χ2v) is 23.3. The van der Waals surface area contributed by atoms with Gasteiger partial charge >= 0.3 is 0 Å². The van der Waals surface area contributed by atoms with Crippen molar-refractivity contribution in [2.24, 2.45) is 0 Å². The van der Waals surface area contributed by atoms with Crippen molar-refractivity contribution in [2.45, 2.75) is 330 Å². The molecule has 3 saturated heterocycles. The van der Waals surface area contributed by atoms with Gasteiger partial charge in [0, 0.05) is 13.3 Å². The molecule has 20 heteroatoms. The van der Waals surface area contributed by atoms with Gasteiger partial charge in [-0.3, -0.25) is 9.59 Å². The van der Waals surface area contributed by atoms with Crippen molar-refractivity contribution in [3.8, 4) is 0 Å². The van der Waals surface area contributed by atoms with E-state index >= 15 is 0 Å². The zero-order valence-corrected chi connectivity index (χ0v) is 50.3. The first-order chi connectivity index (χ1) is 39.7. The topological polar surface area (TPSA) is 316 Å². The van der Waals surface area contributed by atoms with Crippen LogP contribution in [0.3, 0.4) is 0 Å². The highest BCUT2D eigenvalue weighted by molar-refractivity contribution is 5.76. The van der Waals surface area contributed by atoms with Crippen molar-refractivity contribution in [2.75, 3.05) is 26.4 Å². The number of allylic oxidation sites excluding steroid dienone is 3. The third-order valence-electron chi connectivity index (χ3n) is 16.1. The van der Waals surface area contributed by atoms with Crippen LogP contribution >= 0.6 is 0 Å². The molecule has 82 heavy (non-hydrogen) atoms. The molecule has 6 unspecified atom stereocenters. The van der Waals surface area contributed by atoms with Crippen LogP contribution in [0.2, 0.25) is 0 Å². The van der Waals surface area contributed by atoms with Crippen molar-refractivity contribution < 1.29 is 89.1 Å². The Morgan fingerprint density at radius 2 is 0.902 bits per heavy atom. The number of hydrogen-bond acceptors (Lipinski definition) is 18. The average molecular weight is 1180 g/mol. The van der Waals surface area contributed by atoms with Crippen LogP contribution in [0.4, 0.5) is 0 Å². The predicted octanol–water partition coefficient (Wildman–Crippen LogP) is 6.08. The molecule has 3 heterocycles. The maximum absolute atomic E-state index is 13.4. The van der Waals surface area contributed by atoms with Gasteiger partial charge in [0.25, 0.3) is 0 Å². The highest BCUT2D eigenvalue weighted by Crippen LogP contribution is 2.33. The summed E-state index contributed by atoms with van der Waals surface area (Å²) in [6.07, 6.45) is 20.3. The molecule has 480 valence electrons. The molecular formula is C62H114N2O18. The van der Waals surface area contributed by atoms with Crippen LogP contribution in [-0.2, 0) is 38.0 Å². The van der Waals surface area contributed by atoms with E-state index in [4.69, 9.17) is 28.4 Å². The molecule has 3 rings (SSSR count). The summed E-state index contributed by atoms with van der Waals surface area (Å²) in [4.78, 5) is 25.4. The number of amides is 2. The van der Waals surface area contributed by atoms with Crippen LogP contribution in [0, 0.1) is 0 Å². The van der Waals surface area contributed by atoms with Gasteiger partial charge in [-0.05, 0) is 44.9 Å². The number of aliphatic hydroxyl groups is 10. The van der Waals surface area contributed by atoms with Crippen molar-refractivity contribution in [1.82, 2.24) is 10.6 Å². The highest BCUT2D eigenvalue weighted by atomic mass is 16.8. The summed E-state index contributed by atoms with van der Waals surface area (Å²) >= 11 is 0. The lowest BCUT2D eigenvalue weighted by molar-refractivity contribution is -0.375. The van der Waals surface area contributed by atoms with E-state index in [0.29, 0.717) is 6.42 Å². The maximum Gasteiger partial charge on any atom is 0.220 e. The quantitative estimate of drug-likeness (QED) is 0.0243. The lowest BCUT2D eigenvalue weighted by Crippen LogP contribution is -2.68. The minimum Gasteiger partial charge on any atom is -0.394 e. The Morgan fingerprint density at radius 1 is 0.476 bits per heavy atom. The summed E-state index contributed by atoms with van der Waals surface area (Å²) in [6, 6.07) is -2.45. The van der Waals surface area contributed by atoms with Crippen LogP contribution in [-0.4, -0.2) is 194 Å². The predicted molar refractivity (Wildman–Crippen MR) is 312 cm³/mol. The number of carbonyl (C=O) groups is 2. The van der Waals surface area contributed by atoms with Gasteiger partial charge in [-0.25, -0.2) is 0 Å². The largest absolute Gasteiger partial charge is 0.394 e. The summed E-state index contributed by atoms with van der Waals surface area (Å²) in [5.74, 6) is -0.946. The fourth-order valence-electron chi connectivity index (χ4n) is 11.0. The second-order valence-electron chi connectivity index (χ2n) is 23.3. The highest BCUT2D eigenvalue weighted by Gasteiger charge is 2.54. The van der Waals surface area contributed by atoms with Gasteiger partial charge in [-0.2, -0.15) is 0 Å². The molecule has 3 aliphatic rings. The van der Waals surface area contributed by atoms with E-state index in [0.717, 1.165) is 51.9 Å². The minimum atomic E-state index is -1.98. The van der Waals surface area contributed by atoms with Crippen LogP contribution in [0.25, 0.3) is 0 Å². The number of ether oxygens (including phenoxy) is 6. The average Bonchev–Trinajstić information content (AvgIpc) is 3.01. The Labute approximate surface area is 491 Å². The molecule has 3 aliphatic heterocycles. The molecule has 12 N–H and O–H groups in total. The normalized spacial score (nSPS) is 29.6. The monoisotopic (exact) mass is 1170 g/mol. The number of unbranched alkanes of at least 4 members (excludes halogenated alkanes) is 28. The van der Waals surface area contributed by atoms with Crippen molar-refractivity contribution in [3.05, 3.63) is 24.3 Å². The number of rotatable bonds is 47. The number of nitrogens with one attached hydrogen (secondary N) is 2. The van der Waals surface area contributed by atoms with Crippen molar-refractivity contribution in [3.63, 3.8) is 0 Å². The van der Waals surface area contributed by atoms with Gasteiger partial charge in [0.1, 0.15) is 73.2 Å². The van der Waals surface area contributed by atoms with Gasteiger partial charge in [0.15, 0.2) is 18.9 Å². The molecule has 2 amide bonds. The molecule has 0 radical (unpaired) electrons. The number of carbonyl (C=O) groups excluding carboxylic acids is 2. The third-order valence-corrected chi connectivity index (χ3v) is 16.1. The van der Waals surface area contributed by atoms with E-state index in [9.17, 15) is 60.7 Å². The maximum atomic E-state index is 13.4. The number of hydrogen-bond donors (Lipinski definition) is 12. The number of aliphatic hydroxyl groups excluding tert-OH is 10. The zero-order valence-electron chi connectivity index (χ0n) is 50.3. The Hall–Kier alpha value is -2.22.